The standard InChI is InChI=1S/C48H34O33/c49-15-1-9(2-16(50)27(15)56)43(70)81-48-36(65)40-38(78-47(74)13(7-22(54)55)26-25-11(4-18(52)29(58)33(25)62)45(72)79-39(26)42(68)69)21(77-48)8-75-44(71)10-3-17(51)28(57)32(61)23(10)24-12(46(73)80-40)6-20(31(60)34(24)63)76-37-14(41(66)67)5-19(53)30(59)35(37)64/h1-7,21,26,36,38-40,48-53,56-65H,8H2,(H,54,55)(H,66,67)(H,68,69)/b13-7-/t21-,26+,36-,38-,39+,40-,48-/m1/s1. The third kappa shape index (κ3) is 9.62. The number of hydrogen-bond donors (Lipinski definition) is 18. The molecule has 8 rings (SSSR count). The Hall–Kier alpha value is -11.5. The predicted octanol–water partition coefficient (Wildman–Crippen LogP) is 0.691. The molecule has 7 atom stereocenters. The van der Waals surface area contributed by atoms with E-state index in [0.717, 1.165) is 0 Å². The average Bonchev–Trinajstić information content (AvgIpc) is 3.61. The molecule has 0 radical (unpaired) electrons. The summed E-state index contributed by atoms with van der Waals surface area (Å²) in [6.07, 6.45) is -16.4. The van der Waals surface area contributed by atoms with E-state index in [0.29, 0.717) is 30.3 Å². The smallest absolute Gasteiger partial charge is 0.346 e. The first-order valence-electron chi connectivity index (χ1n) is 22.1. The van der Waals surface area contributed by atoms with Crippen molar-refractivity contribution in [2.75, 3.05) is 6.61 Å². The van der Waals surface area contributed by atoms with Crippen molar-refractivity contribution in [1.29, 1.82) is 0 Å². The van der Waals surface area contributed by atoms with Crippen LogP contribution in [0.4, 0.5) is 0 Å². The fourth-order valence-electron chi connectivity index (χ4n) is 8.56. The molecule has 0 aliphatic carbocycles. The maximum absolute atomic E-state index is 15.0. The molecule has 33 nitrogen and oxygen atoms in total. The van der Waals surface area contributed by atoms with Crippen LogP contribution in [0.2, 0.25) is 0 Å². The van der Waals surface area contributed by atoms with Crippen LogP contribution in [-0.2, 0) is 42.8 Å². The number of benzene rings is 5. The van der Waals surface area contributed by atoms with Gasteiger partial charge in [0.25, 0.3) is 0 Å². The molecule has 5 aromatic carbocycles. The van der Waals surface area contributed by atoms with Crippen LogP contribution in [0.3, 0.4) is 0 Å². The van der Waals surface area contributed by atoms with Crippen LogP contribution in [0.15, 0.2) is 48.0 Å². The lowest BCUT2D eigenvalue weighted by Crippen LogP contribution is -2.62. The van der Waals surface area contributed by atoms with Gasteiger partial charge in [-0.3, -0.25) is 0 Å². The van der Waals surface area contributed by atoms with E-state index in [2.05, 4.69) is 0 Å². The van der Waals surface area contributed by atoms with E-state index in [1.165, 1.54) is 0 Å². The summed E-state index contributed by atoms with van der Waals surface area (Å²) in [5.41, 5.74) is -10.9. The molecule has 3 heterocycles. The second-order valence-electron chi connectivity index (χ2n) is 17.2. The number of phenols is 14. The lowest BCUT2D eigenvalue weighted by molar-refractivity contribution is -0.287. The first-order valence-corrected chi connectivity index (χ1v) is 22.1. The number of aromatic hydroxyl groups is 14. The third-order valence-corrected chi connectivity index (χ3v) is 12.3. The number of carbonyl (C=O) groups is 8. The monoisotopic (exact) mass is 1140 g/mol. The van der Waals surface area contributed by atoms with Crippen molar-refractivity contribution in [1.82, 2.24) is 0 Å². The maximum Gasteiger partial charge on any atom is 0.346 e. The van der Waals surface area contributed by atoms with Crippen molar-refractivity contribution in [2.45, 2.75) is 42.7 Å². The van der Waals surface area contributed by atoms with Crippen molar-refractivity contribution in [3.05, 3.63) is 81.4 Å². The van der Waals surface area contributed by atoms with Crippen LogP contribution in [0.1, 0.15) is 63.3 Å². The average molecular weight is 1140 g/mol. The zero-order valence-corrected chi connectivity index (χ0v) is 39.5. The van der Waals surface area contributed by atoms with Crippen molar-refractivity contribution in [3.8, 4) is 103 Å². The molecule has 81 heavy (non-hydrogen) atoms. The topological polar surface area (TPSA) is 565 Å². The lowest BCUT2D eigenvalue weighted by atomic mass is 9.80. The highest BCUT2D eigenvalue weighted by atomic mass is 16.7. The van der Waals surface area contributed by atoms with Gasteiger partial charge in [0, 0.05) is 34.9 Å². The number of esters is 5. The van der Waals surface area contributed by atoms with E-state index in [1.54, 1.807) is 0 Å². The van der Waals surface area contributed by atoms with Gasteiger partial charge in [-0.25, -0.2) is 38.4 Å². The zero-order valence-electron chi connectivity index (χ0n) is 39.5. The number of rotatable bonds is 10. The Balaban J connectivity index is 1.35. The molecular weight excluding hydrogens is 1100 g/mol. The molecule has 1 fully saturated rings. The van der Waals surface area contributed by atoms with Crippen molar-refractivity contribution in [3.63, 3.8) is 0 Å². The van der Waals surface area contributed by atoms with Crippen molar-refractivity contribution < 1.29 is 163 Å². The van der Waals surface area contributed by atoms with Gasteiger partial charge in [-0.05, 0) is 24.3 Å². The predicted molar refractivity (Wildman–Crippen MR) is 246 cm³/mol. The molecule has 424 valence electrons. The van der Waals surface area contributed by atoms with Gasteiger partial charge in [0.15, 0.2) is 81.6 Å². The largest absolute Gasteiger partial charge is 0.504 e. The Labute approximate surface area is 444 Å². The fourth-order valence-corrected chi connectivity index (χ4v) is 8.56. The second kappa shape index (κ2) is 20.5. The molecule has 5 aromatic rings. The SMILES string of the molecule is O=C(O)/C=C(\C(=O)O[C@H]1[C@@H]2OC(=O)c3cc(Oc4c(C(=O)O)cc(O)c(O)c4O)c(O)c(O)c3-c3c(cc(O)c(O)c3O)C(=O)OC[C@H]1O[C@H](OC(=O)c1cc(O)c(O)c(O)c1)[C@@H]2O)[C@H]1c2c(cc(O)c(O)c2O)C(=O)O[C@@H]1C(=O)O. The van der Waals surface area contributed by atoms with Crippen LogP contribution >= 0.6 is 0 Å². The van der Waals surface area contributed by atoms with Gasteiger partial charge in [0.2, 0.25) is 41.1 Å². The molecule has 0 unspecified atom stereocenters. The number of carbonyl (C=O) groups excluding carboxylic acids is 5. The van der Waals surface area contributed by atoms with Gasteiger partial charge in [-0.2, -0.15) is 0 Å². The molecule has 0 spiro atoms. The molecule has 3 aliphatic rings. The summed E-state index contributed by atoms with van der Waals surface area (Å²) >= 11 is 0. The van der Waals surface area contributed by atoms with Crippen LogP contribution in [0, 0.1) is 0 Å². The summed E-state index contributed by atoms with van der Waals surface area (Å²) in [5, 5.41) is 190. The minimum Gasteiger partial charge on any atom is -0.504 e. The molecule has 0 amide bonds. The Morgan fingerprint density at radius 3 is 1.69 bits per heavy atom. The molecule has 2 bridgehead atoms. The third-order valence-electron chi connectivity index (χ3n) is 12.3. The lowest BCUT2D eigenvalue weighted by Gasteiger charge is -2.43. The van der Waals surface area contributed by atoms with Crippen LogP contribution in [0.25, 0.3) is 11.1 Å². The quantitative estimate of drug-likeness (QED) is 0.0396. The normalized spacial score (nSPS) is 20.5. The molecule has 1 saturated heterocycles. The van der Waals surface area contributed by atoms with Crippen LogP contribution in [-0.4, -0.2) is 183 Å². The highest BCUT2D eigenvalue weighted by Crippen LogP contribution is 2.56. The van der Waals surface area contributed by atoms with Gasteiger partial charge in [0.1, 0.15) is 18.3 Å². The molecule has 0 aromatic heterocycles. The Bertz CT molecular complexity index is 3630. The van der Waals surface area contributed by atoms with Crippen molar-refractivity contribution >= 4 is 47.8 Å². The van der Waals surface area contributed by atoms with E-state index < -0.39 is 239 Å². The first kappa shape index (κ1) is 55.7. The number of fused-ring (bicyclic) bond motifs is 6. The maximum atomic E-state index is 15.0. The highest BCUT2D eigenvalue weighted by Gasteiger charge is 2.55. The van der Waals surface area contributed by atoms with Crippen LogP contribution < -0.4 is 4.74 Å². The molecule has 3 aliphatic heterocycles. The zero-order chi connectivity index (χ0) is 59.7. The summed E-state index contributed by atoms with van der Waals surface area (Å²) in [6, 6.07) is 2.25. The number of ether oxygens (including phenoxy) is 7. The number of carboxylic acid groups (broad SMARTS) is 3. The van der Waals surface area contributed by atoms with Gasteiger partial charge in [0.05, 0.1) is 33.7 Å². The highest BCUT2D eigenvalue weighted by molar-refractivity contribution is 6.09. The van der Waals surface area contributed by atoms with Crippen molar-refractivity contribution in [2.24, 2.45) is 0 Å². The number of aliphatic hydroxyl groups is 1. The van der Waals surface area contributed by atoms with Gasteiger partial charge in [-0.15, -0.1) is 0 Å². The summed E-state index contributed by atoms with van der Waals surface area (Å²) in [4.78, 5) is 108. The Kier molecular flexibility index (Phi) is 14.1. The molecule has 0 saturated carbocycles. The van der Waals surface area contributed by atoms with E-state index in [4.69, 9.17) is 33.2 Å². The van der Waals surface area contributed by atoms with Crippen LogP contribution in [0.5, 0.6) is 92.0 Å². The first-order chi connectivity index (χ1) is 37.9. The minimum absolute atomic E-state index is 0.101. The number of aliphatic hydroxyl groups excluding tert-OH is 1. The molecule has 33 heteroatoms. The molecular formula is C48H34O33. The van der Waals surface area contributed by atoms with E-state index in [1.807, 2.05) is 0 Å². The van der Waals surface area contributed by atoms with Gasteiger partial charge < -0.3 is 125 Å². The number of aliphatic carboxylic acids is 2. The Morgan fingerprint density at radius 2 is 1.10 bits per heavy atom. The fraction of sp³-hybridized carbons (Fsp3) is 0.167. The summed E-state index contributed by atoms with van der Waals surface area (Å²) < 4.78 is 37.7. The molecule has 18 N–H and O–H groups in total. The number of cyclic esters (lactones) is 2. The van der Waals surface area contributed by atoms with E-state index in [9.17, 15) is 130 Å². The second-order valence-corrected chi connectivity index (χ2v) is 17.2. The number of phenolic OH excluding ortho intramolecular Hbond substituents is 14. The summed E-state index contributed by atoms with van der Waals surface area (Å²) in [6.45, 7) is -1.49. The van der Waals surface area contributed by atoms with Gasteiger partial charge in [-0.1, -0.05) is 0 Å². The number of carboxylic acids is 3. The van der Waals surface area contributed by atoms with Gasteiger partial charge >= 0.3 is 47.8 Å². The number of aromatic carboxylic acids is 1. The van der Waals surface area contributed by atoms with E-state index >= 15 is 0 Å². The number of hydrogen-bond acceptors (Lipinski definition) is 30. The minimum atomic E-state index is -2.87. The van der Waals surface area contributed by atoms with E-state index in [-0.39, 0.29) is 12.1 Å². The summed E-state index contributed by atoms with van der Waals surface area (Å²) in [5.74, 6) is -41.1. The Morgan fingerprint density at radius 1 is 0.568 bits per heavy atom. The summed E-state index contributed by atoms with van der Waals surface area (Å²) in [7, 11) is 0.